The maximum absolute atomic E-state index is 10.6. The van der Waals surface area contributed by atoms with E-state index >= 15 is 0 Å². The Balaban J connectivity index is 1.91. The maximum Gasteiger partial charge on any atom is 0.302 e. The average molecular weight is 214 g/mol. The van der Waals surface area contributed by atoms with E-state index in [1.807, 2.05) is 10.8 Å². The molecule has 0 fully saturated rings. The van der Waals surface area contributed by atoms with Gasteiger partial charge in [-0.25, -0.2) is 0 Å². The van der Waals surface area contributed by atoms with Crippen molar-refractivity contribution >= 4 is 17.3 Å². The van der Waals surface area contributed by atoms with Crippen LogP contribution in [0.25, 0.3) is 0 Å². The molecule has 0 radical (unpaired) electrons. The third-order valence-corrected chi connectivity index (χ3v) is 2.48. The minimum absolute atomic E-state index is 0.194. The van der Waals surface area contributed by atoms with Gasteiger partial charge in [0.2, 0.25) is 0 Å². The largest absolute Gasteiger partial charge is 0.485 e. The molecule has 2 rings (SSSR count). The van der Waals surface area contributed by atoms with E-state index in [0.29, 0.717) is 6.61 Å². The first kappa shape index (κ1) is 9.33. The molecule has 1 aliphatic heterocycles. The second kappa shape index (κ2) is 3.88. The molecule has 14 heavy (non-hydrogen) atoms. The lowest BCUT2D eigenvalue weighted by Gasteiger charge is -2.23. The minimum Gasteiger partial charge on any atom is -0.485 e. The number of carbonyl (C=O) groups is 1. The molecule has 0 aliphatic carbocycles. The van der Waals surface area contributed by atoms with Gasteiger partial charge in [-0.1, -0.05) is 0 Å². The molecule has 0 saturated heterocycles. The van der Waals surface area contributed by atoms with E-state index in [1.54, 1.807) is 0 Å². The van der Waals surface area contributed by atoms with Crippen molar-refractivity contribution in [3.05, 3.63) is 10.8 Å². The van der Waals surface area contributed by atoms with Gasteiger partial charge in [-0.15, -0.1) is 11.3 Å². The maximum atomic E-state index is 10.6. The Labute approximate surface area is 85.4 Å². The van der Waals surface area contributed by atoms with Crippen molar-refractivity contribution in [2.24, 2.45) is 0 Å². The van der Waals surface area contributed by atoms with Gasteiger partial charge in [-0.3, -0.25) is 4.79 Å². The van der Waals surface area contributed by atoms with E-state index in [1.165, 1.54) is 18.3 Å². The zero-order valence-corrected chi connectivity index (χ0v) is 8.50. The van der Waals surface area contributed by atoms with Crippen molar-refractivity contribution < 1.29 is 19.0 Å². The Hall–Kier alpha value is -1.23. The molecule has 5 heteroatoms. The molecule has 1 aliphatic rings. The molecule has 2 heterocycles. The van der Waals surface area contributed by atoms with Crippen LogP contribution >= 0.6 is 11.3 Å². The van der Waals surface area contributed by atoms with Crippen LogP contribution in [0.5, 0.6) is 11.5 Å². The fraction of sp³-hybridized carbons (Fsp3) is 0.444. The molecule has 0 spiro atoms. The fourth-order valence-corrected chi connectivity index (χ4v) is 1.82. The Bertz CT molecular complexity index is 333. The summed E-state index contributed by atoms with van der Waals surface area (Å²) in [5.41, 5.74) is 0. The summed E-state index contributed by atoms with van der Waals surface area (Å²) >= 11 is 1.52. The first-order valence-corrected chi connectivity index (χ1v) is 5.19. The van der Waals surface area contributed by atoms with Crippen LogP contribution in [0.1, 0.15) is 6.92 Å². The minimum atomic E-state index is -0.301. The highest BCUT2D eigenvalue weighted by Gasteiger charge is 2.22. The normalized spacial score (nSPS) is 19.1. The molecule has 0 amide bonds. The van der Waals surface area contributed by atoms with Crippen LogP contribution in [0.15, 0.2) is 10.8 Å². The van der Waals surface area contributed by atoms with Gasteiger partial charge in [0.1, 0.15) is 13.2 Å². The number of fused-ring (bicyclic) bond motifs is 1. The summed E-state index contributed by atoms with van der Waals surface area (Å²) in [7, 11) is 0. The molecule has 0 bridgehead atoms. The van der Waals surface area contributed by atoms with Crippen molar-refractivity contribution in [1.29, 1.82) is 0 Å². The van der Waals surface area contributed by atoms with Gasteiger partial charge in [-0.2, -0.15) is 0 Å². The third kappa shape index (κ3) is 1.98. The monoisotopic (exact) mass is 214 g/mol. The molecular formula is C9H10O4S. The van der Waals surface area contributed by atoms with Crippen molar-refractivity contribution in [2.75, 3.05) is 13.2 Å². The summed E-state index contributed by atoms with van der Waals surface area (Å²) in [4.78, 5) is 10.6. The first-order valence-electron chi connectivity index (χ1n) is 4.24. The van der Waals surface area contributed by atoms with Crippen LogP contribution in [0, 0.1) is 0 Å². The summed E-state index contributed by atoms with van der Waals surface area (Å²) in [5.74, 6) is 1.21. The highest BCUT2D eigenvalue weighted by atomic mass is 32.1. The smallest absolute Gasteiger partial charge is 0.302 e. The topological polar surface area (TPSA) is 44.8 Å². The van der Waals surface area contributed by atoms with Crippen LogP contribution in [0.4, 0.5) is 0 Å². The highest BCUT2D eigenvalue weighted by molar-refractivity contribution is 7.08. The molecular weight excluding hydrogens is 204 g/mol. The van der Waals surface area contributed by atoms with Gasteiger partial charge in [0.25, 0.3) is 0 Å². The van der Waals surface area contributed by atoms with E-state index in [0.717, 1.165) is 11.5 Å². The van der Waals surface area contributed by atoms with Gasteiger partial charge in [0.15, 0.2) is 17.6 Å². The molecule has 0 N–H and O–H groups in total. The molecule has 1 aromatic heterocycles. The van der Waals surface area contributed by atoms with Gasteiger partial charge < -0.3 is 14.2 Å². The Kier molecular flexibility index (Phi) is 2.58. The first-order chi connectivity index (χ1) is 6.75. The van der Waals surface area contributed by atoms with E-state index < -0.39 is 0 Å². The van der Waals surface area contributed by atoms with Crippen molar-refractivity contribution in [2.45, 2.75) is 13.0 Å². The lowest BCUT2D eigenvalue weighted by molar-refractivity contribution is -0.144. The average Bonchev–Trinajstić information content (AvgIpc) is 2.61. The van der Waals surface area contributed by atoms with Gasteiger partial charge >= 0.3 is 5.97 Å². The van der Waals surface area contributed by atoms with Crippen molar-refractivity contribution in [1.82, 2.24) is 0 Å². The van der Waals surface area contributed by atoms with E-state index in [2.05, 4.69) is 0 Å². The van der Waals surface area contributed by atoms with Crippen molar-refractivity contribution in [3.63, 3.8) is 0 Å². The molecule has 1 atom stereocenters. The van der Waals surface area contributed by atoms with Gasteiger partial charge in [-0.05, 0) is 0 Å². The number of hydrogen-bond acceptors (Lipinski definition) is 5. The number of rotatable bonds is 2. The SMILES string of the molecule is CC(=O)OCC1COc2cscc2O1. The van der Waals surface area contributed by atoms with E-state index in [-0.39, 0.29) is 18.7 Å². The summed E-state index contributed by atoms with van der Waals surface area (Å²) < 4.78 is 15.8. The lowest BCUT2D eigenvalue weighted by atomic mass is 10.3. The van der Waals surface area contributed by atoms with Crippen molar-refractivity contribution in [3.8, 4) is 11.5 Å². The Morgan fingerprint density at radius 2 is 2.43 bits per heavy atom. The summed E-state index contributed by atoms with van der Waals surface area (Å²) in [5, 5.41) is 3.76. The van der Waals surface area contributed by atoms with Crippen LogP contribution in [0.2, 0.25) is 0 Å². The molecule has 0 saturated carbocycles. The Morgan fingerprint density at radius 1 is 1.64 bits per heavy atom. The van der Waals surface area contributed by atoms with Gasteiger partial charge in [0.05, 0.1) is 0 Å². The highest BCUT2D eigenvalue weighted by Crippen LogP contribution is 2.35. The standard InChI is InChI=1S/C9H10O4S/c1-6(10)11-2-7-3-12-8-4-14-5-9(8)13-7/h4-5,7H,2-3H2,1H3. The zero-order chi connectivity index (χ0) is 9.97. The molecule has 0 aromatic carbocycles. The molecule has 76 valence electrons. The second-order valence-electron chi connectivity index (χ2n) is 2.95. The number of ether oxygens (including phenoxy) is 3. The van der Waals surface area contributed by atoms with Gasteiger partial charge in [0, 0.05) is 17.7 Å². The number of hydrogen-bond donors (Lipinski definition) is 0. The van der Waals surface area contributed by atoms with Crippen LogP contribution < -0.4 is 9.47 Å². The summed E-state index contributed by atoms with van der Waals surface area (Å²) in [6.45, 7) is 2.04. The van der Waals surface area contributed by atoms with E-state index in [4.69, 9.17) is 14.2 Å². The molecule has 4 nitrogen and oxygen atoms in total. The summed E-state index contributed by atoms with van der Waals surface area (Å²) in [6.07, 6.45) is -0.194. The quantitative estimate of drug-likeness (QED) is 0.699. The molecule has 1 unspecified atom stereocenters. The number of carbonyl (C=O) groups excluding carboxylic acids is 1. The number of thiophene rings is 1. The lowest BCUT2D eigenvalue weighted by Crippen LogP contribution is -2.33. The number of esters is 1. The predicted octanol–water partition coefficient (Wildman–Crippen LogP) is 1.45. The fourth-order valence-electron chi connectivity index (χ4n) is 1.15. The summed E-state index contributed by atoms with van der Waals surface area (Å²) in [6, 6.07) is 0. The zero-order valence-electron chi connectivity index (χ0n) is 7.69. The third-order valence-electron chi connectivity index (χ3n) is 1.78. The van der Waals surface area contributed by atoms with E-state index in [9.17, 15) is 4.79 Å². The van der Waals surface area contributed by atoms with Crippen LogP contribution in [0.3, 0.4) is 0 Å². The Morgan fingerprint density at radius 3 is 3.21 bits per heavy atom. The molecule has 1 aromatic rings. The predicted molar refractivity (Wildman–Crippen MR) is 50.9 cm³/mol. The second-order valence-corrected chi connectivity index (χ2v) is 3.70. The van der Waals surface area contributed by atoms with Crippen LogP contribution in [-0.2, 0) is 9.53 Å². The van der Waals surface area contributed by atoms with Crippen LogP contribution in [-0.4, -0.2) is 25.3 Å².